The predicted molar refractivity (Wildman–Crippen MR) is 94.6 cm³/mol. The number of carbonyl (C=O) groups excluding carboxylic acids is 2. The summed E-state index contributed by atoms with van der Waals surface area (Å²) >= 11 is 0. The number of guanidine groups is 1. The van der Waals surface area contributed by atoms with Crippen molar-refractivity contribution in [3.63, 3.8) is 0 Å². The minimum atomic E-state index is -1.08. The third-order valence-corrected chi connectivity index (χ3v) is 2.54. The molecule has 0 atom stereocenters. The smallest absolute Gasteiger partial charge is 0.414 e. The zero-order valence-corrected chi connectivity index (χ0v) is 15.3. The number of aromatic carboxylic acids is 1. The van der Waals surface area contributed by atoms with Crippen LogP contribution in [0.25, 0.3) is 0 Å². The molecule has 9 nitrogen and oxygen atoms in total. The summed E-state index contributed by atoms with van der Waals surface area (Å²) in [6.07, 6.45) is -1.99. The molecule has 0 saturated carbocycles. The molecule has 26 heavy (non-hydrogen) atoms. The number of amides is 2. The molecule has 142 valence electrons. The molecule has 0 aromatic heterocycles. The van der Waals surface area contributed by atoms with Crippen molar-refractivity contribution >= 4 is 29.8 Å². The van der Waals surface area contributed by atoms with E-state index in [1.165, 1.54) is 24.3 Å². The number of hydrogen-bond acceptors (Lipinski definition) is 6. The van der Waals surface area contributed by atoms with E-state index in [9.17, 15) is 14.4 Å². The number of nitrogens with zero attached hydrogens (tertiary/aromatic N) is 1. The van der Waals surface area contributed by atoms with Gasteiger partial charge in [-0.05, 0) is 58.9 Å². The summed E-state index contributed by atoms with van der Waals surface area (Å²) in [6, 6.07) is 5.54. The Labute approximate surface area is 151 Å². The second-order valence-corrected chi connectivity index (χ2v) is 6.52. The van der Waals surface area contributed by atoms with Crippen LogP contribution in [0.2, 0.25) is 0 Å². The van der Waals surface area contributed by atoms with Gasteiger partial charge in [0.25, 0.3) is 0 Å². The van der Waals surface area contributed by atoms with Crippen LogP contribution >= 0.6 is 0 Å². The predicted octanol–water partition coefficient (Wildman–Crippen LogP) is 3.03. The molecule has 1 aromatic rings. The summed E-state index contributed by atoms with van der Waals surface area (Å²) in [5, 5.41) is 13.5. The number of ether oxygens (including phenoxy) is 2. The lowest BCUT2D eigenvalue weighted by atomic mass is 10.2. The van der Waals surface area contributed by atoms with Gasteiger partial charge in [0.1, 0.15) is 5.60 Å². The van der Waals surface area contributed by atoms with Crippen LogP contribution in [-0.4, -0.2) is 40.9 Å². The first kappa shape index (κ1) is 20.9. The van der Waals surface area contributed by atoms with Gasteiger partial charge in [-0.2, -0.15) is 0 Å². The van der Waals surface area contributed by atoms with E-state index in [4.69, 9.17) is 14.6 Å². The molecule has 0 bridgehead atoms. The van der Waals surface area contributed by atoms with E-state index in [0.717, 1.165) is 0 Å². The van der Waals surface area contributed by atoms with E-state index in [2.05, 4.69) is 15.6 Å². The Morgan fingerprint density at radius 2 is 1.58 bits per heavy atom. The fourth-order valence-corrected chi connectivity index (χ4v) is 1.64. The molecular weight excluding hydrogens is 342 g/mol. The summed E-state index contributed by atoms with van der Waals surface area (Å²) in [4.78, 5) is 38.7. The first-order chi connectivity index (χ1) is 12.0. The second-order valence-electron chi connectivity index (χ2n) is 6.52. The van der Waals surface area contributed by atoms with Gasteiger partial charge in [-0.25, -0.2) is 19.4 Å². The second kappa shape index (κ2) is 8.84. The van der Waals surface area contributed by atoms with Crippen LogP contribution in [0.5, 0.6) is 0 Å². The number of carboxylic acids is 1. The standard InChI is InChI=1S/C17H23N3O6/c1-10(2)25-15(23)19-14(20-16(24)26-17(3,4)5)18-12-8-6-11(7-9-12)13(21)22/h6-10H,1-5H3,(H,21,22)(H2,18,19,20,23,24). The molecule has 2 amide bonds. The van der Waals surface area contributed by atoms with Gasteiger partial charge in [0.15, 0.2) is 0 Å². The molecule has 0 unspecified atom stereocenters. The number of hydrogen-bond donors (Lipinski definition) is 3. The minimum Gasteiger partial charge on any atom is -0.478 e. The maximum atomic E-state index is 11.9. The highest BCUT2D eigenvalue weighted by Gasteiger charge is 2.19. The Hall–Kier alpha value is -3.10. The molecule has 0 fully saturated rings. The number of aliphatic imine (C=N–C) groups is 1. The average Bonchev–Trinajstić information content (AvgIpc) is 2.44. The number of carboxylic acid groups (broad SMARTS) is 1. The van der Waals surface area contributed by atoms with Crippen LogP contribution in [-0.2, 0) is 9.47 Å². The van der Waals surface area contributed by atoms with E-state index < -0.39 is 23.8 Å². The molecule has 0 radical (unpaired) electrons. The number of carbonyl (C=O) groups is 3. The highest BCUT2D eigenvalue weighted by Crippen LogP contribution is 2.13. The number of benzene rings is 1. The van der Waals surface area contributed by atoms with Crippen molar-refractivity contribution in [2.75, 3.05) is 0 Å². The molecule has 0 aliphatic rings. The molecule has 9 heteroatoms. The van der Waals surface area contributed by atoms with E-state index in [1.54, 1.807) is 34.6 Å². The molecule has 0 heterocycles. The summed E-state index contributed by atoms with van der Waals surface area (Å²) in [5.41, 5.74) is -0.347. The molecule has 0 spiro atoms. The fraction of sp³-hybridized carbons (Fsp3) is 0.412. The van der Waals surface area contributed by atoms with Gasteiger partial charge in [0.2, 0.25) is 5.96 Å². The van der Waals surface area contributed by atoms with Crippen LogP contribution in [0.3, 0.4) is 0 Å². The summed E-state index contributed by atoms with van der Waals surface area (Å²) in [7, 11) is 0. The first-order valence-electron chi connectivity index (χ1n) is 7.86. The fourth-order valence-electron chi connectivity index (χ4n) is 1.64. The van der Waals surface area contributed by atoms with Gasteiger partial charge < -0.3 is 14.6 Å². The highest BCUT2D eigenvalue weighted by molar-refractivity contribution is 6.02. The molecule has 0 aliphatic carbocycles. The Balaban J connectivity index is 2.99. The van der Waals surface area contributed by atoms with Crippen molar-refractivity contribution in [3.8, 4) is 0 Å². The lowest BCUT2D eigenvalue weighted by Crippen LogP contribution is -2.46. The van der Waals surface area contributed by atoms with Crippen LogP contribution in [0, 0.1) is 0 Å². The third-order valence-electron chi connectivity index (χ3n) is 2.54. The topological polar surface area (TPSA) is 126 Å². The van der Waals surface area contributed by atoms with Gasteiger partial charge in [0.05, 0.1) is 17.4 Å². The lowest BCUT2D eigenvalue weighted by molar-refractivity contribution is 0.0560. The Morgan fingerprint density at radius 3 is 2.04 bits per heavy atom. The number of nitrogens with one attached hydrogen (secondary N) is 2. The van der Waals surface area contributed by atoms with Crippen molar-refractivity contribution < 1.29 is 29.0 Å². The van der Waals surface area contributed by atoms with E-state index in [1.807, 2.05) is 0 Å². The maximum absolute atomic E-state index is 11.9. The molecule has 0 aliphatic heterocycles. The van der Waals surface area contributed by atoms with Crippen molar-refractivity contribution in [2.45, 2.75) is 46.3 Å². The maximum Gasteiger partial charge on any atom is 0.414 e. The lowest BCUT2D eigenvalue weighted by Gasteiger charge is -2.20. The third kappa shape index (κ3) is 8.13. The van der Waals surface area contributed by atoms with E-state index >= 15 is 0 Å². The van der Waals surface area contributed by atoms with Crippen molar-refractivity contribution in [2.24, 2.45) is 4.99 Å². The molecule has 3 N–H and O–H groups in total. The molecular formula is C17H23N3O6. The SMILES string of the molecule is CC(C)OC(=O)NC(=Nc1ccc(C(=O)O)cc1)NC(=O)OC(C)(C)C. The average molecular weight is 365 g/mol. The molecule has 1 aromatic carbocycles. The van der Waals surface area contributed by atoms with Gasteiger partial charge in [-0.1, -0.05) is 0 Å². The monoisotopic (exact) mass is 365 g/mol. The van der Waals surface area contributed by atoms with E-state index in [-0.39, 0.29) is 17.6 Å². The number of rotatable bonds is 3. The highest BCUT2D eigenvalue weighted by atomic mass is 16.6. The van der Waals surface area contributed by atoms with Gasteiger partial charge >= 0.3 is 18.2 Å². The summed E-state index contributed by atoms with van der Waals surface area (Å²) in [5.74, 6) is -1.29. The first-order valence-corrected chi connectivity index (χ1v) is 7.86. The van der Waals surface area contributed by atoms with Gasteiger partial charge in [-0.3, -0.25) is 10.6 Å². The summed E-state index contributed by atoms with van der Waals surface area (Å²) in [6.45, 7) is 8.40. The zero-order valence-electron chi connectivity index (χ0n) is 15.3. The van der Waals surface area contributed by atoms with Crippen molar-refractivity contribution in [1.82, 2.24) is 10.6 Å². The summed E-state index contributed by atoms with van der Waals surface area (Å²) < 4.78 is 10.1. The van der Waals surface area contributed by atoms with Gasteiger partial charge in [0, 0.05) is 0 Å². The molecule has 0 saturated heterocycles. The zero-order chi connectivity index (χ0) is 19.9. The largest absolute Gasteiger partial charge is 0.478 e. The number of alkyl carbamates (subject to hydrolysis) is 2. The molecule has 1 rings (SSSR count). The van der Waals surface area contributed by atoms with E-state index in [0.29, 0.717) is 5.69 Å². The van der Waals surface area contributed by atoms with Crippen LogP contribution in [0.15, 0.2) is 29.3 Å². The Kier molecular flexibility index (Phi) is 7.12. The Bertz CT molecular complexity index is 689. The van der Waals surface area contributed by atoms with Crippen LogP contribution in [0.1, 0.15) is 45.0 Å². The van der Waals surface area contributed by atoms with Crippen molar-refractivity contribution in [1.29, 1.82) is 0 Å². The van der Waals surface area contributed by atoms with Crippen LogP contribution < -0.4 is 10.6 Å². The van der Waals surface area contributed by atoms with Crippen molar-refractivity contribution in [3.05, 3.63) is 29.8 Å². The minimum absolute atomic E-state index is 0.0813. The Morgan fingerprint density at radius 1 is 1.04 bits per heavy atom. The quantitative estimate of drug-likeness (QED) is 0.558. The normalized spacial score (nSPS) is 11.7. The van der Waals surface area contributed by atoms with Gasteiger partial charge in [-0.15, -0.1) is 0 Å². The van der Waals surface area contributed by atoms with Crippen LogP contribution in [0.4, 0.5) is 15.3 Å².